The predicted molar refractivity (Wildman–Crippen MR) is 74.4 cm³/mol. The summed E-state index contributed by atoms with van der Waals surface area (Å²) < 4.78 is 1.52. The molecule has 3 rings (SSSR count). The monoisotopic (exact) mass is 271 g/mol. The van der Waals surface area contributed by atoms with Crippen LogP contribution in [0, 0.1) is 0 Å². The van der Waals surface area contributed by atoms with Gasteiger partial charge in [0.15, 0.2) is 0 Å². The van der Waals surface area contributed by atoms with E-state index in [0.717, 1.165) is 16.5 Å². The third-order valence-electron chi connectivity index (χ3n) is 2.93. The largest absolute Gasteiger partial charge is 0.295 e. The van der Waals surface area contributed by atoms with Crippen LogP contribution in [0.1, 0.15) is 5.56 Å². The van der Waals surface area contributed by atoms with E-state index in [1.165, 1.54) is 17.0 Å². The summed E-state index contributed by atoms with van der Waals surface area (Å²) >= 11 is 5.68. The highest BCUT2D eigenvalue weighted by Crippen LogP contribution is 2.16. The number of fused-ring (bicyclic) bond motifs is 1. The van der Waals surface area contributed by atoms with Gasteiger partial charge in [0, 0.05) is 17.6 Å². The first-order valence-corrected chi connectivity index (χ1v) is 6.16. The second-order valence-corrected chi connectivity index (χ2v) is 4.55. The molecule has 2 heterocycles. The molecule has 0 N–H and O–H groups in total. The van der Waals surface area contributed by atoms with E-state index in [4.69, 9.17) is 11.6 Å². The molecule has 0 bridgehead atoms. The van der Waals surface area contributed by atoms with Crippen molar-refractivity contribution < 1.29 is 0 Å². The Morgan fingerprint density at radius 2 is 2.00 bits per heavy atom. The minimum Gasteiger partial charge on any atom is -0.295 e. The van der Waals surface area contributed by atoms with Gasteiger partial charge in [0.05, 0.1) is 18.4 Å². The number of pyridine rings is 1. The molecular weight excluding hydrogens is 262 g/mol. The lowest BCUT2D eigenvalue weighted by atomic mass is 10.1. The van der Waals surface area contributed by atoms with Gasteiger partial charge in [-0.3, -0.25) is 14.3 Å². The fraction of sp³-hybridized carbons (Fsp3) is 0.0714. The summed E-state index contributed by atoms with van der Waals surface area (Å²) in [7, 11) is 0. The van der Waals surface area contributed by atoms with E-state index in [1.54, 1.807) is 6.20 Å². The second kappa shape index (κ2) is 4.82. The quantitative estimate of drug-likeness (QED) is 0.673. The van der Waals surface area contributed by atoms with Gasteiger partial charge >= 0.3 is 0 Å². The van der Waals surface area contributed by atoms with Crippen LogP contribution in [0.25, 0.3) is 10.9 Å². The van der Waals surface area contributed by atoms with Gasteiger partial charge in [-0.05, 0) is 17.7 Å². The van der Waals surface area contributed by atoms with E-state index in [1.807, 2.05) is 30.3 Å². The van der Waals surface area contributed by atoms with Crippen molar-refractivity contribution in [3.8, 4) is 0 Å². The Morgan fingerprint density at radius 3 is 2.84 bits per heavy atom. The molecule has 94 valence electrons. The van der Waals surface area contributed by atoms with Gasteiger partial charge in [-0.15, -0.1) is 0 Å². The number of halogens is 1. The SMILES string of the molecule is O=c1cc(Cl)ncn1Cc1ccnc2ccccc12. The smallest absolute Gasteiger partial charge is 0.255 e. The standard InChI is InChI=1S/C14H10ClN3O/c15-13-7-14(19)18(9-17-13)8-10-5-6-16-12-4-2-1-3-11(10)12/h1-7,9H,8H2. The van der Waals surface area contributed by atoms with Gasteiger partial charge in [0.25, 0.3) is 5.56 Å². The first-order chi connectivity index (χ1) is 9.24. The highest BCUT2D eigenvalue weighted by atomic mass is 35.5. The van der Waals surface area contributed by atoms with Crippen molar-refractivity contribution in [2.45, 2.75) is 6.54 Å². The van der Waals surface area contributed by atoms with Crippen LogP contribution in [-0.2, 0) is 6.54 Å². The van der Waals surface area contributed by atoms with Crippen molar-refractivity contribution in [2.75, 3.05) is 0 Å². The van der Waals surface area contributed by atoms with E-state index in [-0.39, 0.29) is 10.7 Å². The summed E-state index contributed by atoms with van der Waals surface area (Å²) in [5, 5.41) is 1.24. The predicted octanol–water partition coefficient (Wildman–Crippen LogP) is 2.49. The second-order valence-electron chi connectivity index (χ2n) is 4.16. The maximum Gasteiger partial charge on any atom is 0.255 e. The summed E-state index contributed by atoms with van der Waals surface area (Å²) in [4.78, 5) is 20.0. The fourth-order valence-electron chi connectivity index (χ4n) is 2.00. The van der Waals surface area contributed by atoms with Crippen LogP contribution >= 0.6 is 11.6 Å². The van der Waals surface area contributed by atoms with Crippen molar-refractivity contribution in [2.24, 2.45) is 0 Å². The lowest BCUT2D eigenvalue weighted by Crippen LogP contribution is -2.20. The van der Waals surface area contributed by atoms with E-state index in [2.05, 4.69) is 9.97 Å². The number of para-hydroxylation sites is 1. The summed E-state index contributed by atoms with van der Waals surface area (Å²) in [6.07, 6.45) is 3.20. The molecule has 0 aliphatic rings. The molecule has 0 amide bonds. The maximum absolute atomic E-state index is 11.8. The van der Waals surface area contributed by atoms with Gasteiger partial charge < -0.3 is 0 Å². The molecule has 0 aliphatic carbocycles. The average molecular weight is 272 g/mol. The Labute approximate surface area is 114 Å². The molecule has 0 spiro atoms. The lowest BCUT2D eigenvalue weighted by molar-refractivity contribution is 0.739. The highest BCUT2D eigenvalue weighted by molar-refractivity contribution is 6.29. The number of hydrogen-bond donors (Lipinski definition) is 0. The highest BCUT2D eigenvalue weighted by Gasteiger charge is 2.04. The zero-order valence-electron chi connectivity index (χ0n) is 9.95. The molecule has 0 saturated carbocycles. The van der Waals surface area contributed by atoms with Crippen LogP contribution in [0.2, 0.25) is 5.15 Å². The molecule has 0 atom stereocenters. The Kier molecular flexibility index (Phi) is 3.01. The molecule has 0 saturated heterocycles. The minimum absolute atomic E-state index is 0.166. The average Bonchev–Trinajstić information content (AvgIpc) is 2.42. The third kappa shape index (κ3) is 2.35. The first kappa shape index (κ1) is 11.9. The molecule has 5 heteroatoms. The summed E-state index contributed by atoms with van der Waals surface area (Å²) in [6, 6.07) is 11.0. The van der Waals surface area contributed by atoms with Crippen molar-refractivity contribution in [1.82, 2.24) is 14.5 Å². The Hall–Kier alpha value is -2.20. The van der Waals surface area contributed by atoms with Crippen LogP contribution in [0.15, 0.2) is 53.7 Å². The number of rotatable bonds is 2. The number of nitrogens with zero attached hydrogens (tertiary/aromatic N) is 3. The topological polar surface area (TPSA) is 47.8 Å². The Balaban J connectivity index is 2.08. The maximum atomic E-state index is 11.8. The van der Waals surface area contributed by atoms with E-state index in [9.17, 15) is 4.79 Å². The normalized spacial score (nSPS) is 10.8. The number of hydrogen-bond acceptors (Lipinski definition) is 3. The van der Waals surface area contributed by atoms with Gasteiger partial charge in [0.1, 0.15) is 5.15 Å². The molecule has 0 aliphatic heterocycles. The van der Waals surface area contributed by atoms with Crippen molar-refractivity contribution in [3.05, 3.63) is 70.0 Å². The first-order valence-electron chi connectivity index (χ1n) is 5.79. The van der Waals surface area contributed by atoms with Gasteiger partial charge in [-0.1, -0.05) is 29.8 Å². The third-order valence-corrected chi connectivity index (χ3v) is 3.13. The van der Waals surface area contributed by atoms with Gasteiger partial charge in [-0.25, -0.2) is 4.98 Å². The zero-order chi connectivity index (χ0) is 13.2. The Bertz CT molecular complexity index is 793. The van der Waals surface area contributed by atoms with Crippen molar-refractivity contribution in [1.29, 1.82) is 0 Å². The van der Waals surface area contributed by atoms with Crippen LogP contribution in [0.3, 0.4) is 0 Å². The molecule has 0 unspecified atom stereocenters. The molecule has 3 aromatic rings. The molecular formula is C14H10ClN3O. The van der Waals surface area contributed by atoms with Gasteiger partial charge in [-0.2, -0.15) is 0 Å². The molecule has 2 aromatic heterocycles. The molecule has 0 radical (unpaired) electrons. The summed E-state index contributed by atoms with van der Waals surface area (Å²) in [5.74, 6) is 0. The fourth-order valence-corrected chi connectivity index (χ4v) is 2.14. The Morgan fingerprint density at radius 1 is 1.16 bits per heavy atom. The summed E-state index contributed by atoms with van der Waals surface area (Å²) in [6.45, 7) is 0.450. The molecule has 4 nitrogen and oxygen atoms in total. The number of aromatic nitrogens is 3. The van der Waals surface area contributed by atoms with Gasteiger partial charge in [0.2, 0.25) is 0 Å². The lowest BCUT2D eigenvalue weighted by Gasteiger charge is -2.08. The molecule has 19 heavy (non-hydrogen) atoms. The van der Waals surface area contributed by atoms with Crippen LogP contribution in [-0.4, -0.2) is 14.5 Å². The van der Waals surface area contributed by atoms with Crippen LogP contribution in [0.4, 0.5) is 0 Å². The summed E-state index contributed by atoms with van der Waals surface area (Å²) in [5.41, 5.74) is 1.77. The molecule has 0 fully saturated rings. The zero-order valence-corrected chi connectivity index (χ0v) is 10.7. The van der Waals surface area contributed by atoms with Crippen molar-refractivity contribution in [3.63, 3.8) is 0 Å². The van der Waals surface area contributed by atoms with E-state index < -0.39 is 0 Å². The van der Waals surface area contributed by atoms with E-state index >= 15 is 0 Å². The van der Waals surface area contributed by atoms with Crippen LogP contribution in [0.5, 0.6) is 0 Å². The van der Waals surface area contributed by atoms with Crippen molar-refractivity contribution >= 4 is 22.5 Å². The molecule has 1 aromatic carbocycles. The minimum atomic E-state index is -0.166. The number of benzene rings is 1. The van der Waals surface area contributed by atoms with E-state index in [0.29, 0.717) is 6.54 Å². The van der Waals surface area contributed by atoms with Crippen LogP contribution < -0.4 is 5.56 Å².